The van der Waals surface area contributed by atoms with E-state index in [0.29, 0.717) is 37.6 Å². The molecule has 0 aromatic heterocycles. The molecule has 1 aromatic rings. The average Bonchev–Trinajstić information content (AvgIpc) is 3.21. The number of carbonyl (C=O) groups is 1. The van der Waals surface area contributed by atoms with Crippen molar-refractivity contribution in [2.45, 2.75) is 18.0 Å². The van der Waals surface area contributed by atoms with Crippen LogP contribution in [-0.4, -0.2) is 32.2 Å². The third kappa shape index (κ3) is 1.65. The topological polar surface area (TPSA) is 77.8 Å². The molecule has 0 amide bonds. The highest BCUT2D eigenvalue weighted by Crippen LogP contribution is 2.50. The van der Waals surface area contributed by atoms with Gasteiger partial charge in [0.05, 0.1) is 32.5 Å². The fourth-order valence-electron chi connectivity index (χ4n) is 3.51. The first kappa shape index (κ1) is 13.9. The molecule has 1 atom stereocenters. The summed E-state index contributed by atoms with van der Waals surface area (Å²) in [5.41, 5.74) is 1.23. The van der Waals surface area contributed by atoms with Crippen molar-refractivity contribution in [2.24, 2.45) is 5.92 Å². The van der Waals surface area contributed by atoms with Gasteiger partial charge in [0.15, 0.2) is 5.78 Å². The Balaban J connectivity index is 1.98. The molecular weight excluding hydrogens is 286 g/mol. The van der Waals surface area contributed by atoms with Gasteiger partial charge in [0.25, 0.3) is 5.79 Å². The van der Waals surface area contributed by atoms with E-state index in [9.17, 15) is 10.1 Å². The van der Waals surface area contributed by atoms with E-state index in [-0.39, 0.29) is 12.2 Å². The highest BCUT2D eigenvalue weighted by molar-refractivity contribution is 5.89. The minimum Gasteiger partial charge on any atom is -0.342 e. The molecule has 4 rings (SSSR count). The second kappa shape index (κ2) is 4.86. The molecule has 6 nitrogen and oxygen atoms in total. The summed E-state index contributed by atoms with van der Waals surface area (Å²) in [6, 6.07) is 9.42. The van der Waals surface area contributed by atoms with Crippen molar-refractivity contribution in [3.63, 3.8) is 0 Å². The van der Waals surface area contributed by atoms with E-state index in [4.69, 9.17) is 18.9 Å². The van der Waals surface area contributed by atoms with Crippen LogP contribution in [0.4, 0.5) is 0 Å². The van der Waals surface area contributed by atoms with Crippen LogP contribution in [0.1, 0.15) is 17.5 Å². The maximum absolute atomic E-state index is 12.8. The van der Waals surface area contributed by atoms with E-state index in [2.05, 4.69) is 6.07 Å². The van der Waals surface area contributed by atoms with E-state index >= 15 is 0 Å². The van der Waals surface area contributed by atoms with Gasteiger partial charge in [0.1, 0.15) is 5.92 Å². The Morgan fingerprint density at radius 3 is 2.23 bits per heavy atom. The minimum atomic E-state index is -1.44. The molecule has 3 aliphatic rings. The molecular formula is C16H15NO5. The summed E-state index contributed by atoms with van der Waals surface area (Å²) in [5, 5.41) is 9.57. The first-order valence-electron chi connectivity index (χ1n) is 7.32. The Hall–Kier alpha value is -1.78. The Kier molecular flexibility index (Phi) is 3.06. The number of hydrogen-bond acceptors (Lipinski definition) is 6. The van der Waals surface area contributed by atoms with Gasteiger partial charge >= 0.3 is 0 Å². The number of benzene rings is 1. The van der Waals surface area contributed by atoms with Crippen LogP contribution >= 0.6 is 0 Å². The quantitative estimate of drug-likeness (QED) is 0.716. The summed E-state index contributed by atoms with van der Waals surface area (Å²) in [6.07, 6.45) is -0.0365. The molecule has 2 heterocycles. The summed E-state index contributed by atoms with van der Waals surface area (Å²) >= 11 is 0. The first-order chi connectivity index (χ1) is 10.7. The summed E-state index contributed by atoms with van der Waals surface area (Å²) in [6.45, 7) is 1.45. The van der Waals surface area contributed by atoms with E-state index in [1.807, 2.05) is 18.2 Å². The lowest BCUT2D eigenvalue weighted by atomic mass is 9.90. The van der Waals surface area contributed by atoms with Gasteiger partial charge in [-0.2, -0.15) is 5.26 Å². The molecule has 2 aliphatic heterocycles. The van der Waals surface area contributed by atoms with Crippen LogP contribution in [-0.2, 0) is 35.3 Å². The molecule has 2 spiro atoms. The number of hydrogen-bond donors (Lipinski definition) is 0. The number of ether oxygens (including phenoxy) is 4. The van der Waals surface area contributed by atoms with Crippen LogP contribution in [0.3, 0.4) is 0 Å². The molecule has 0 saturated carbocycles. The average molecular weight is 301 g/mol. The van der Waals surface area contributed by atoms with Gasteiger partial charge in [-0.15, -0.1) is 0 Å². The Labute approximate surface area is 127 Å². The van der Waals surface area contributed by atoms with Crippen molar-refractivity contribution < 1.29 is 23.7 Å². The number of Topliss-reactive ketones (excluding diaryl/α,β-unsaturated/α-hetero) is 1. The molecule has 0 radical (unpaired) electrons. The van der Waals surface area contributed by atoms with Crippen molar-refractivity contribution in [1.82, 2.24) is 0 Å². The van der Waals surface area contributed by atoms with Crippen LogP contribution in [0, 0.1) is 17.2 Å². The van der Waals surface area contributed by atoms with Gasteiger partial charge in [-0.25, -0.2) is 0 Å². The predicted octanol–water partition coefficient (Wildman–Crippen LogP) is 1.20. The number of carbonyl (C=O) groups excluding carboxylic acids is 1. The Morgan fingerprint density at radius 2 is 1.59 bits per heavy atom. The second-order valence-electron chi connectivity index (χ2n) is 5.53. The zero-order chi connectivity index (χ0) is 15.2. The number of nitriles is 1. The molecule has 2 fully saturated rings. The first-order valence-corrected chi connectivity index (χ1v) is 7.32. The van der Waals surface area contributed by atoms with E-state index in [1.54, 1.807) is 6.07 Å². The van der Waals surface area contributed by atoms with Crippen LogP contribution in [0.15, 0.2) is 24.3 Å². The highest BCUT2D eigenvalue weighted by Gasteiger charge is 2.59. The van der Waals surface area contributed by atoms with Crippen molar-refractivity contribution >= 4 is 5.78 Å². The van der Waals surface area contributed by atoms with Crippen molar-refractivity contribution in [2.75, 3.05) is 26.4 Å². The summed E-state index contributed by atoms with van der Waals surface area (Å²) in [4.78, 5) is 12.8. The van der Waals surface area contributed by atoms with Gasteiger partial charge in [-0.1, -0.05) is 24.3 Å². The lowest BCUT2D eigenvalue weighted by Gasteiger charge is -2.32. The van der Waals surface area contributed by atoms with E-state index in [1.165, 1.54) is 0 Å². The van der Waals surface area contributed by atoms with Crippen LogP contribution in [0.5, 0.6) is 0 Å². The lowest BCUT2D eigenvalue weighted by molar-refractivity contribution is -0.193. The smallest absolute Gasteiger partial charge is 0.257 e. The van der Waals surface area contributed by atoms with Gasteiger partial charge < -0.3 is 18.9 Å². The molecule has 0 N–H and O–H groups in total. The van der Waals surface area contributed by atoms with E-state index in [0.717, 1.165) is 0 Å². The SMILES string of the molecule is N#C[C@H]1CC(=O)C2(OCCO2)c2ccccc2C12OCCO2. The fourth-order valence-corrected chi connectivity index (χ4v) is 3.51. The highest BCUT2D eigenvalue weighted by atomic mass is 16.7. The van der Waals surface area contributed by atoms with Gasteiger partial charge in [0.2, 0.25) is 5.79 Å². The molecule has 0 unspecified atom stereocenters. The van der Waals surface area contributed by atoms with Crippen LogP contribution in [0.25, 0.3) is 0 Å². The summed E-state index contributed by atoms with van der Waals surface area (Å²) in [7, 11) is 0. The number of nitrogens with zero attached hydrogens (tertiary/aromatic N) is 1. The second-order valence-corrected chi connectivity index (χ2v) is 5.53. The third-order valence-electron chi connectivity index (χ3n) is 4.44. The predicted molar refractivity (Wildman–Crippen MR) is 72.3 cm³/mol. The zero-order valence-corrected chi connectivity index (χ0v) is 11.9. The third-order valence-corrected chi connectivity index (χ3v) is 4.44. The maximum Gasteiger partial charge on any atom is 0.257 e. The summed E-state index contributed by atoms with van der Waals surface area (Å²) in [5.74, 6) is -3.67. The van der Waals surface area contributed by atoms with Crippen molar-refractivity contribution in [3.8, 4) is 6.07 Å². The fraction of sp³-hybridized carbons (Fsp3) is 0.500. The standard InChI is InChI=1S/C16H15NO5/c17-10-11-9-14(18)16(21-7-8-22-16)13-4-2-1-3-12(13)15(11)19-5-6-20-15/h1-4,11H,5-9H2/t11-/m1/s1. The van der Waals surface area contributed by atoms with Gasteiger partial charge in [-0.3, -0.25) is 4.79 Å². The van der Waals surface area contributed by atoms with Gasteiger partial charge in [0, 0.05) is 17.5 Å². The maximum atomic E-state index is 12.8. The Bertz CT molecular complexity index is 653. The molecule has 6 heteroatoms. The number of fused-ring (bicyclic) bond motifs is 3. The minimum absolute atomic E-state index is 0.0365. The van der Waals surface area contributed by atoms with E-state index < -0.39 is 17.5 Å². The molecule has 0 bridgehead atoms. The largest absolute Gasteiger partial charge is 0.342 e. The summed E-state index contributed by atoms with van der Waals surface area (Å²) < 4.78 is 23.1. The van der Waals surface area contributed by atoms with Crippen LogP contribution in [0.2, 0.25) is 0 Å². The van der Waals surface area contributed by atoms with Crippen LogP contribution < -0.4 is 0 Å². The normalized spacial score (nSPS) is 28.5. The molecule has 1 aliphatic carbocycles. The zero-order valence-electron chi connectivity index (χ0n) is 11.9. The number of ketones is 1. The molecule has 22 heavy (non-hydrogen) atoms. The lowest BCUT2D eigenvalue weighted by Crippen LogP contribution is -2.37. The van der Waals surface area contributed by atoms with Crippen molar-refractivity contribution in [1.29, 1.82) is 5.26 Å². The molecule has 2 saturated heterocycles. The Morgan fingerprint density at radius 1 is 1.00 bits per heavy atom. The monoisotopic (exact) mass is 301 g/mol. The van der Waals surface area contributed by atoms with Gasteiger partial charge in [-0.05, 0) is 0 Å². The molecule has 1 aromatic carbocycles. The van der Waals surface area contributed by atoms with Crippen molar-refractivity contribution in [3.05, 3.63) is 35.4 Å². The number of rotatable bonds is 0. The molecule has 114 valence electrons.